The summed E-state index contributed by atoms with van der Waals surface area (Å²) in [5, 5.41) is 0.648. The molecule has 3 amide bonds. The Balaban J connectivity index is 1.45. The molecule has 0 N–H and O–H groups in total. The van der Waals surface area contributed by atoms with Gasteiger partial charge in [-0.2, -0.15) is 0 Å². The second-order valence-electron chi connectivity index (χ2n) is 7.42. The Morgan fingerprint density at radius 1 is 1.07 bits per heavy atom. The number of nitrogens with zero attached hydrogens (tertiary/aromatic N) is 5. The van der Waals surface area contributed by atoms with Crippen LogP contribution < -0.4 is 4.90 Å². The van der Waals surface area contributed by atoms with E-state index in [2.05, 4.69) is 4.90 Å². The zero-order chi connectivity index (χ0) is 20.1. The monoisotopic (exact) mass is 409 g/mol. The summed E-state index contributed by atoms with van der Waals surface area (Å²) in [5.41, 5.74) is 1.85. The molecular weight excluding hydrogens is 390 g/mol. The standard InChI is InChI=1S/C21H20ClN5O2/c1-24-18-17(19(28)27(21(24)29)13-14-6-3-2-4-7-14)26-11-10-25(20(26)23-18)16-9-5-8-15(22)12-16/h2-9,12,17-18H,10-11,13H2,1H3. The van der Waals surface area contributed by atoms with E-state index in [1.807, 2.05) is 59.5 Å². The number of fused-ring (bicyclic) bond motifs is 3. The van der Waals surface area contributed by atoms with Gasteiger partial charge in [0.25, 0.3) is 5.91 Å². The number of imide groups is 1. The van der Waals surface area contributed by atoms with Gasteiger partial charge in [-0.3, -0.25) is 9.69 Å². The first-order valence-corrected chi connectivity index (χ1v) is 9.92. The Morgan fingerprint density at radius 2 is 1.86 bits per heavy atom. The molecule has 3 aliphatic heterocycles. The molecule has 2 aromatic rings. The molecule has 0 radical (unpaired) electrons. The van der Waals surface area contributed by atoms with Crippen molar-refractivity contribution in [3.63, 3.8) is 0 Å². The van der Waals surface area contributed by atoms with Crippen molar-refractivity contribution in [1.82, 2.24) is 14.7 Å². The highest BCUT2D eigenvalue weighted by atomic mass is 35.5. The Morgan fingerprint density at radius 3 is 2.62 bits per heavy atom. The molecule has 29 heavy (non-hydrogen) atoms. The molecule has 5 rings (SSSR count). The summed E-state index contributed by atoms with van der Waals surface area (Å²) in [6, 6.07) is 16.3. The molecule has 0 saturated carbocycles. The third kappa shape index (κ3) is 2.84. The van der Waals surface area contributed by atoms with Crippen LogP contribution in [0.2, 0.25) is 5.02 Å². The van der Waals surface area contributed by atoms with Gasteiger partial charge in [-0.15, -0.1) is 0 Å². The van der Waals surface area contributed by atoms with Gasteiger partial charge in [0, 0.05) is 30.8 Å². The summed E-state index contributed by atoms with van der Waals surface area (Å²) in [6.07, 6.45) is -0.515. The molecule has 2 unspecified atom stereocenters. The molecule has 0 aliphatic carbocycles. The zero-order valence-electron chi connectivity index (χ0n) is 15.9. The van der Waals surface area contributed by atoms with Crippen molar-refractivity contribution < 1.29 is 9.59 Å². The number of likely N-dealkylation sites (N-methyl/N-ethyl adjacent to an activating group) is 1. The number of carbonyl (C=O) groups is 2. The summed E-state index contributed by atoms with van der Waals surface area (Å²) in [4.78, 5) is 38.0. The Labute approximate surface area is 173 Å². The van der Waals surface area contributed by atoms with E-state index in [0.717, 1.165) is 17.2 Å². The number of hydrogen-bond acceptors (Lipinski definition) is 5. The van der Waals surface area contributed by atoms with Crippen LogP contribution in [0.3, 0.4) is 0 Å². The summed E-state index contributed by atoms with van der Waals surface area (Å²) >= 11 is 6.16. The summed E-state index contributed by atoms with van der Waals surface area (Å²) in [5.74, 6) is 0.519. The molecule has 8 heteroatoms. The Hall–Kier alpha value is -3.06. The molecule has 2 saturated heterocycles. The van der Waals surface area contributed by atoms with Gasteiger partial charge in [0.05, 0.1) is 6.54 Å². The van der Waals surface area contributed by atoms with Crippen molar-refractivity contribution in [2.24, 2.45) is 4.99 Å². The summed E-state index contributed by atoms with van der Waals surface area (Å²) in [6.45, 7) is 1.64. The number of rotatable bonds is 3. The molecule has 3 heterocycles. The third-order valence-corrected chi connectivity index (χ3v) is 5.92. The summed E-state index contributed by atoms with van der Waals surface area (Å²) in [7, 11) is 1.71. The third-order valence-electron chi connectivity index (χ3n) is 5.68. The average molecular weight is 410 g/mol. The van der Waals surface area contributed by atoms with E-state index >= 15 is 0 Å². The lowest BCUT2D eigenvalue weighted by Crippen LogP contribution is -2.64. The topological polar surface area (TPSA) is 59.5 Å². The first-order chi connectivity index (χ1) is 14.0. The lowest BCUT2D eigenvalue weighted by molar-refractivity contribution is -0.137. The second kappa shape index (κ2) is 6.77. The van der Waals surface area contributed by atoms with E-state index in [0.29, 0.717) is 18.1 Å². The number of amides is 3. The number of hydrogen-bond donors (Lipinski definition) is 0. The highest BCUT2D eigenvalue weighted by molar-refractivity contribution is 6.31. The number of benzene rings is 2. The number of anilines is 1. The van der Waals surface area contributed by atoms with E-state index in [1.165, 1.54) is 4.90 Å². The van der Waals surface area contributed by atoms with Gasteiger partial charge in [-0.05, 0) is 23.8 Å². The normalized spacial score (nSPS) is 23.4. The van der Waals surface area contributed by atoms with E-state index in [4.69, 9.17) is 16.6 Å². The van der Waals surface area contributed by atoms with E-state index in [9.17, 15) is 9.59 Å². The minimum absolute atomic E-state index is 0.200. The van der Waals surface area contributed by atoms with Crippen molar-refractivity contribution in [1.29, 1.82) is 0 Å². The van der Waals surface area contributed by atoms with Crippen molar-refractivity contribution >= 4 is 35.2 Å². The van der Waals surface area contributed by atoms with Crippen LogP contribution in [0.25, 0.3) is 0 Å². The molecule has 0 spiro atoms. The van der Waals surface area contributed by atoms with Gasteiger partial charge in [0.2, 0.25) is 5.96 Å². The molecule has 7 nitrogen and oxygen atoms in total. The lowest BCUT2D eigenvalue weighted by atomic mass is 10.1. The first-order valence-electron chi connectivity index (χ1n) is 9.54. The quantitative estimate of drug-likeness (QED) is 0.782. The van der Waals surface area contributed by atoms with Crippen LogP contribution in [0.15, 0.2) is 59.6 Å². The first kappa shape index (κ1) is 18.0. The van der Waals surface area contributed by atoms with E-state index < -0.39 is 12.2 Å². The lowest BCUT2D eigenvalue weighted by Gasteiger charge is -2.40. The molecular formula is C21H20ClN5O2. The van der Waals surface area contributed by atoms with Gasteiger partial charge in [-0.1, -0.05) is 48.0 Å². The Kier molecular flexibility index (Phi) is 4.20. The van der Waals surface area contributed by atoms with E-state index in [-0.39, 0.29) is 18.5 Å². The largest absolute Gasteiger partial charge is 0.328 e. The minimum atomic E-state index is -0.515. The highest BCUT2D eigenvalue weighted by Gasteiger charge is 2.54. The van der Waals surface area contributed by atoms with Gasteiger partial charge < -0.3 is 14.7 Å². The Bertz CT molecular complexity index is 1010. The SMILES string of the molecule is CN1C(=O)N(Cc2ccccc2)C(=O)C2C1N=C1N(c3cccc(Cl)c3)CCN12. The smallest absolute Gasteiger partial charge is 0.325 e. The van der Waals surface area contributed by atoms with Gasteiger partial charge >= 0.3 is 6.03 Å². The average Bonchev–Trinajstić information content (AvgIpc) is 3.30. The predicted octanol–water partition coefficient (Wildman–Crippen LogP) is 2.62. The highest BCUT2D eigenvalue weighted by Crippen LogP contribution is 2.34. The van der Waals surface area contributed by atoms with Crippen LogP contribution in [0, 0.1) is 0 Å². The number of aliphatic imine (C=N–C) groups is 1. The fourth-order valence-electron chi connectivity index (χ4n) is 4.24. The van der Waals surface area contributed by atoms with Gasteiger partial charge in [0.15, 0.2) is 12.2 Å². The van der Waals surface area contributed by atoms with Crippen molar-refractivity contribution in [2.45, 2.75) is 18.8 Å². The summed E-state index contributed by atoms with van der Waals surface area (Å²) < 4.78 is 0. The van der Waals surface area contributed by atoms with Gasteiger partial charge in [0.1, 0.15) is 0 Å². The van der Waals surface area contributed by atoms with Crippen LogP contribution in [0.4, 0.5) is 10.5 Å². The fourth-order valence-corrected chi connectivity index (χ4v) is 4.42. The molecule has 0 aromatic heterocycles. The molecule has 2 atom stereocenters. The molecule has 0 bridgehead atoms. The number of halogens is 1. The molecule has 2 fully saturated rings. The predicted molar refractivity (Wildman–Crippen MR) is 111 cm³/mol. The molecule has 2 aromatic carbocycles. The minimum Gasteiger partial charge on any atom is -0.325 e. The molecule has 3 aliphatic rings. The van der Waals surface area contributed by atoms with Crippen molar-refractivity contribution in [3.8, 4) is 0 Å². The maximum absolute atomic E-state index is 13.3. The number of carbonyl (C=O) groups excluding carboxylic acids is 2. The maximum Gasteiger partial charge on any atom is 0.328 e. The van der Waals surface area contributed by atoms with Crippen LogP contribution in [0.1, 0.15) is 5.56 Å². The number of urea groups is 1. The van der Waals surface area contributed by atoms with Crippen LogP contribution in [-0.4, -0.2) is 64.9 Å². The second-order valence-corrected chi connectivity index (χ2v) is 7.85. The number of guanidine groups is 1. The van der Waals surface area contributed by atoms with Crippen molar-refractivity contribution in [2.75, 3.05) is 25.0 Å². The molecule has 148 valence electrons. The zero-order valence-corrected chi connectivity index (χ0v) is 16.7. The van der Waals surface area contributed by atoms with Crippen LogP contribution in [-0.2, 0) is 11.3 Å². The van der Waals surface area contributed by atoms with Gasteiger partial charge in [-0.25, -0.2) is 9.79 Å². The van der Waals surface area contributed by atoms with Crippen LogP contribution in [0.5, 0.6) is 0 Å². The maximum atomic E-state index is 13.3. The fraction of sp³-hybridized carbons (Fsp3) is 0.286. The van der Waals surface area contributed by atoms with Crippen LogP contribution >= 0.6 is 11.6 Å². The van der Waals surface area contributed by atoms with E-state index in [1.54, 1.807) is 11.9 Å². The van der Waals surface area contributed by atoms with Crippen molar-refractivity contribution in [3.05, 3.63) is 65.2 Å².